The maximum atomic E-state index is 12.6. The smallest absolute Gasteiger partial charge is 0.309 e. The standard InChI is InChI=1S/C9H9F2IN2O2/c10-9(11)5-1-4(3-13)14-6(8(5)12)2-7(15)16/h1,9H,2-3,13H2,(H,15,16). The van der Waals surface area contributed by atoms with Crippen molar-refractivity contribution in [2.24, 2.45) is 5.73 Å². The predicted molar refractivity (Wildman–Crippen MR) is 61.1 cm³/mol. The Kier molecular flexibility index (Phi) is 4.54. The number of hydrogen-bond donors (Lipinski definition) is 2. The quantitative estimate of drug-likeness (QED) is 0.817. The van der Waals surface area contributed by atoms with Gasteiger partial charge in [-0.15, -0.1) is 0 Å². The van der Waals surface area contributed by atoms with Crippen LogP contribution in [0.5, 0.6) is 0 Å². The van der Waals surface area contributed by atoms with E-state index in [1.807, 2.05) is 0 Å². The molecule has 0 radical (unpaired) electrons. The minimum Gasteiger partial charge on any atom is -0.481 e. The summed E-state index contributed by atoms with van der Waals surface area (Å²) in [5, 5.41) is 8.62. The molecule has 0 spiro atoms. The Morgan fingerprint density at radius 2 is 2.25 bits per heavy atom. The Labute approximate surface area is 104 Å². The van der Waals surface area contributed by atoms with Gasteiger partial charge in [0.1, 0.15) is 0 Å². The SMILES string of the molecule is NCc1cc(C(F)F)c(I)c(CC(=O)O)n1. The minimum atomic E-state index is -2.66. The molecule has 16 heavy (non-hydrogen) atoms. The first-order valence-corrected chi connectivity index (χ1v) is 5.41. The summed E-state index contributed by atoms with van der Waals surface area (Å²) in [6.07, 6.45) is -3.04. The van der Waals surface area contributed by atoms with Gasteiger partial charge in [-0.1, -0.05) is 0 Å². The van der Waals surface area contributed by atoms with Crippen LogP contribution in [0.4, 0.5) is 8.78 Å². The van der Waals surface area contributed by atoms with Crippen LogP contribution < -0.4 is 5.73 Å². The van der Waals surface area contributed by atoms with Gasteiger partial charge in [0.05, 0.1) is 17.8 Å². The number of pyridine rings is 1. The molecule has 7 heteroatoms. The number of aliphatic carboxylic acids is 1. The summed E-state index contributed by atoms with van der Waals surface area (Å²) in [6.45, 7) is 0.00323. The second kappa shape index (κ2) is 5.48. The Hall–Kier alpha value is -0.830. The average molecular weight is 342 g/mol. The lowest BCUT2D eigenvalue weighted by atomic mass is 10.1. The first-order valence-electron chi connectivity index (χ1n) is 4.34. The minimum absolute atomic E-state index is 0.00323. The molecule has 0 saturated carbocycles. The van der Waals surface area contributed by atoms with Crippen LogP contribution >= 0.6 is 22.6 Å². The molecule has 0 saturated heterocycles. The number of nitrogens with zero attached hydrogens (tertiary/aromatic N) is 1. The molecular formula is C9H9F2IN2O2. The van der Waals surface area contributed by atoms with Crippen molar-refractivity contribution in [2.75, 3.05) is 0 Å². The number of aromatic nitrogens is 1. The van der Waals surface area contributed by atoms with Gasteiger partial charge in [0.15, 0.2) is 0 Å². The zero-order chi connectivity index (χ0) is 12.3. The van der Waals surface area contributed by atoms with Crippen molar-refractivity contribution in [2.45, 2.75) is 19.4 Å². The fourth-order valence-corrected chi connectivity index (χ4v) is 1.89. The Morgan fingerprint density at radius 3 is 2.69 bits per heavy atom. The van der Waals surface area contributed by atoms with E-state index in [-0.39, 0.29) is 33.5 Å². The van der Waals surface area contributed by atoms with E-state index in [2.05, 4.69) is 4.98 Å². The fraction of sp³-hybridized carbons (Fsp3) is 0.333. The maximum absolute atomic E-state index is 12.6. The molecular weight excluding hydrogens is 333 g/mol. The highest BCUT2D eigenvalue weighted by Gasteiger charge is 2.18. The molecule has 0 atom stereocenters. The molecule has 0 aliphatic rings. The molecule has 0 unspecified atom stereocenters. The molecule has 1 aromatic rings. The predicted octanol–water partition coefficient (Wildman–Crippen LogP) is 1.71. The molecule has 0 aromatic carbocycles. The lowest BCUT2D eigenvalue weighted by molar-refractivity contribution is -0.136. The molecule has 0 amide bonds. The van der Waals surface area contributed by atoms with Crippen LogP contribution in [0.3, 0.4) is 0 Å². The highest BCUT2D eigenvalue weighted by molar-refractivity contribution is 14.1. The van der Waals surface area contributed by atoms with Crippen LogP contribution in [-0.4, -0.2) is 16.1 Å². The van der Waals surface area contributed by atoms with Crippen molar-refractivity contribution in [3.63, 3.8) is 0 Å². The molecule has 0 fully saturated rings. The van der Waals surface area contributed by atoms with Crippen molar-refractivity contribution in [1.29, 1.82) is 0 Å². The van der Waals surface area contributed by atoms with Gasteiger partial charge in [0, 0.05) is 15.7 Å². The van der Waals surface area contributed by atoms with Crippen LogP contribution in [0.25, 0.3) is 0 Å². The lowest BCUT2D eigenvalue weighted by Gasteiger charge is -2.09. The van der Waals surface area contributed by atoms with Crippen LogP contribution in [0.2, 0.25) is 0 Å². The van der Waals surface area contributed by atoms with Crippen molar-refractivity contribution in [1.82, 2.24) is 4.98 Å². The summed E-state index contributed by atoms with van der Waals surface area (Å²) in [4.78, 5) is 14.5. The van der Waals surface area contributed by atoms with Crippen molar-refractivity contribution in [3.05, 3.63) is 26.6 Å². The monoisotopic (exact) mass is 342 g/mol. The molecule has 4 nitrogen and oxygen atoms in total. The molecule has 1 heterocycles. The highest BCUT2D eigenvalue weighted by Crippen LogP contribution is 2.27. The normalized spacial score (nSPS) is 10.8. The van der Waals surface area contributed by atoms with Gasteiger partial charge in [-0.05, 0) is 28.7 Å². The van der Waals surface area contributed by atoms with Gasteiger partial charge >= 0.3 is 5.97 Å². The first kappa shape index (κ1) is 13.2. The molecule has 1 rings (SSSR count). The van der Waals surface area contributed by atoms with Gasteiger partial charge < -0.3 is 10.8 Å². The van der Waals surface area contributed by atoms with E-state index in [0.717, 1.165) is 0 Å². The van der Waals surface area contributed by atoms with Gasteiger partial charge in [0.25, 0.3) is 6.43 Å². The van der Waals surface area contributed by atoms with E-state index < -0.39 is 12.4 Å². The molecule has 3 N–H and O–H groups in total. The molecule has 0 aliphatic carbocycles. The molecule has 0 bridgehead atoms. The third-order valence-electron chi connectivity index (χ3n) is 1.87. The lowest BCUT2D eigenvalue weighted by Crippen LogP contribution is -2.11. The number of carboxylic acid groups (broad SMARTS) is 1. The molecule has 88 valence electrons. The summed E-state index contributed by atoms with van der Waals surface area (Å²) >= 11 is 1.68. The maximum Gasteiger partial charge on any atom is 0.309 e. The summed E-state index contributed by atoms with van der Waals surface area (Å²) in [5.74, 6) is -1.11. The number of halogens is 3. The van der Waals surface area contributed by atoms with Crippen molar-refractivity contribution in [3.8, 4) is 0 Å². The summed E-state index contributed by atoms with van der Waals surface area (Å²) in [5.41, 5.74) is 5.50. The van der Waals surface area contributed by atoms with E-state index in [1.165, 1.54) is 6.07 Å². The summed E-state index contributed by atoms with van der Waals surface area (Å²) in [7, 11) is 0. The van der Waals surface area contributed by atoms with Gasteiger partial charge in [-0.25, -0.2) is 8.78 Å². The number of rotatable bonds is 4. The number of carbonyl (C=O) groups is 1. The Bertz CT molecular complexity index is 413. The van der Waals surface area contributed by atoms with Crippen LogP contribution in [0.1, 0.15) is 23.4 Å². The zero-order valence-electron chi connectivity index (χ0n) is 8.08. The third-order valence-corrected chi connectivity index (χ3v) is 3.12. The zero-order valence-corrected chi connectivity index (χ0v) is 10.2. The van der Waals surface area contributed by atoms with E-state index in [0.29, 0.717) is 0 Å². The number of nitrogens with two attached hydrogens (primary N) is 1. The van der Waals surface area contributed by atoms with Crippen molar-refractivity contribution >= 4 is 28.6 Å². The number of carboxylic acids is 1. The average Bonchev–Trinajstić information content (AvgIpc) is 2.19. The Morgan fingerprint density at radius 1 is 1.62 bits per heavy atom. The van der Waals surface area contributed by atoms with Gasteiger partial charge in [0.2, 0.25) is 0 Å². The van der Waals surface area contributed by atoms with Crippen molar-refractivity contribution < 1.29 is 18.7 Å². The third kappa shape index (κ3) is 3.08. The second-order valence-electron chi connectivity index (χ2n) is 3.04. The van der Waals surface area contributed by atoms with Gasteiger partial charge in [-0.2, -0.15) is 0 Å². The van der Waals surface area contributed by atoms with Gasteiger partial charge in [-0.3, -0.25) is 9.78 Å². The van der Waals surface area contributed by atoms with E-state index in [4.69, 9.17) is 10.8 Å². The van der Waals surface area contributed by atoms with Crippen LogP contribution in [0, 0.1) is 3.57 Å². The number of alkyl halides is 2. The first-order chi connectivity index (χ1) is 7.45. The van der Waals surface area contributed by atoms with E-state index >= 15 is 0 Å². The largest absolute Gasteiger partial charge is 0.481 e. The summed E-state index contributed by atoms with van der Waals surface area (Å²) in [6, 6.07) is 1.21. The van der Waals surface area contributed by atoms with Crippen LogP contribution in [-0.2, 0) is 17.8 Å². The fourth-order valence-electron chi connectivity index (χ4n) is 1.19. The topological polar surface area (TPSA) is 76.2 Å². The highest BCUT2D eigenvalue weighted by atomic mass is 127. The molecule has 1 aromatic heterocycles. The van der Waals surface area contributed by atoms with E-state index in [9.17, 15) is 13.6 Å². The van der Waals surface area contributed by atoms with Crippen LogP contribution in [0.15, 0.2) is 6.07 Å². The van der Waals surface area contributed by atoms with E-state index in [1.54, 1.807) is 22.6 Å². The Balaban J connectivity index is 3.25. The summed E-state index contributed by atoms with van der Waals surface area (Å²) < 4.78 is 25.5. The molecule has 0 aliphatic heterocycles. The number of hydrogen-bond acceptors (Lipinski definition) is 3. The second-order valence-corrected chi connectivity index (χ2v) is 4.12.